The van der Waals surface area contributed by atoms with Crippen molar-refractivity contribution in [1.82, 2.24) is 21.3 Å². The molecule has 4 amide bonds. The van der Waals surface area contributed by atoms with Crippen LogP contribution in [0.3, 0.4) is 0 Å². The van der Waals surface area contributed by atoms with Crippen LogP contribution in [0.1, 0.15) is 41.5 Å². The Morgan fingerprint density at radius 2 is 1.33 bits per heavy atom. The molecule has 7 N–H and O–H groups in total. The Morgan fingerprint density at radius 1 is 0.852 bits per heavy atom. The Morgan fingerprint density at radius 3 is 1.74 bits per heavy atom. The predicted molar refractivity (Wildman–Crippen MR) is 102 cm³/mol. The molecule has 1 atom stereocenters. The van der Waals surface area contributed by atoms with E-state index in [9.17, 15) is 19.2 Å². The smallest absolute Gasteiger partial charge is 0.670 e. The van der Waals surface area contributed by atoms with E-state index in [0.29, 0.717) is 0 Å². The van der Waals surface area contributed by atoms with Crippen molar-refractivity contribution in [3.63, 3.8) is 0 Å². The summed E-state index contributed by atoms with van der Waals surface area (Å²) < 4.78 is 0. The molecule has 0 aromatic heterocycles. The second-order valence-electron chi connectivity index (χ2n) is 4.76. The number of carbonyl (C=O) groups is 4. The van der Waals surface area contributed by atoms with Crippen LogP contribution < -0.4 is 78.4 Å². The summed E-state index contributed by atoms with van der Waals surface area (Å²) in [5, 5.41) is 9.41. The zero-order valence-corrected chi connectivity index (χ0v) is 20.8. The van der Waals surface area contributed by atoms with E-state index >= 15 is 0 Å². The van der Waals surface area contributed by atoms with Crippen LogP contribution in [-0.2, 0) is 19.2 Å². The molecular formula is C16H35KN6O4. The number of amides is 4. The molecule has 154 valence electrons. The molecule has 0 aliphatic carbocycles. The average Bonchev–Trinajstić information content (AvgIpc) is 2.65. The summed E-state index contributed by atoms with van der Waals surface area (Å²) >= 11 is 0. The molecule has 11 heteroatoms. The van der Waals surface area contributed by atoms with E-state index in [2.05, 4.69) is 21.3 Å². The van der Waals surface area contributed by atoms with E-state index < -0.39 is 36.2 Å². The monoisotopic (exact) mass is 414 g/mol. The second kappa shape index (κ2) is 23.5. The van der Waals surface area contributed by atoms with Gasteiger partial charge < -0.3 is 32.7 Å². The van der Waals surface area contributed by atoms with E-state index in [1.807, 2.05) is 27.7 Å². The molecule has 27 heavy (non-hydrogen) atoms. The number of nitrogens with one attached hydrogen (secondary N) is 5. The van der Waals surface area contributed by atoms with Gasteiger partial charge in [0.15, 0.2) is 5.91 Å². The Bertz CT molecular complexity index is 422. The minimum absolute atomic E-state index is 0. The van der Waals surface area contributed by atoms with Gasteiger partial charge in [-0.1, -0.05) is 48.1 Å². The summed E-state index contributed by atoms with van der Waals surface area (Å²) in [6.45, 7) is 10.4. The third kappa shape index (κ3) is 20.0. The third-order valence-electron chi connectivity index (χ3n) is 2.59. The maximum atomic E-state index is 12.0. The molecule has 0 saturated carbocycles. The largest absolute Gasteiger partial charge is 1.00 e. The van der Waals surface area contributed by atoms with Crippen molar-refractivity contribution >= 4 is 23.6 Å². The first-order valence-electron chi connectivity index (χ1n) is 8.77. The van der Waals surface area contributed by atoms with Crippen LogP contribution in [0, 0.1) is 5.92 Å². The first-order valence-corrected chi connectivity index (χ1v) is 8.77. The molecule has 0 spiro atoms. The van der Waals surface area contributed by atoms with Gasteiger partial charge >= 0.3 is 51.4 Å². The van der Waals surface area contributed by atoms with Gasteiger partial charge in [0, 0.05) is 0 Å². The molecule has 0 aromatic carbocycles. The molecule has 0 fully saturated rings. The van der Waals surface area contributed by atoms with Crippen molar-refractivity contribution in [3.05, 3.63) is 5.73 Å². The summed E-state index contributed by atoms with van der Waals surface area (Å²) in [6, 6.07) is -0.842. The Hall–Kier alpha value is -0.564. The van der Waals surface area contributed by atoms with Crippen LogP contribution in [0.15, 0.2) is 0 Å². The van der Waals surface area contributed by atoms with Crippen LogP contribution in [-0.4, -0.2) is 56.0 Å². The first-order chi connectivity index (χ1) is 12.3. The topological polar surface area (TPSA) is 166 Å². The molecule has 0 aliphatic rings. The Labute approximate surface area is 205 Å². The number of hydrogen-bond donors (Lipinski definition) is 5. The van der Waals surface area contributed by atoms with Crippen LogP contribution in [0.5, 0.6) is 0 Å². The van der Waals surface area contributed by atoms with Crippen molar-refractivity contribution in [2.75, 3.05) is 26.3 Å². The first kappa shape index (κ1) is 34.0. The summed E-state index contributed by atoms with van der Waals surface area (Å²) in [4.78, 5) is 45.7. The molecule has 0 aromatic rings. The number of rotatable bonds is 9. The van der Waals surface area contributed by atoms with Gasteiger partial charge in [-0.05, 0) is 5.92 Å². The summed E-state index contributed by atoms with van der Waals surface area (Å²) in [7, 11) is 0. The quantitative estimate of drug-likeness (QED) is 0.195. The summed E-state index contributed by atoms with van der Waals surface area (Å²) in [6.07, 6.45) is 0. The zero-order valence-electron chi connectivity index (χ0n) is 17.7. The van der Waals surface area contributed by atoms with Crippen LogP contribution in [0.25, 0.3) is 5.73 Å². The van der Waals surface area contributed by atoms with E-state index in [1.54, 1.807) is 13.8 Å². The fraction of sp³-hybridized carbons (Fsp3) is 0.750. The van der Waals surface area contributed by atoms with Crippen molar-refractivity contribution in [2.24, 2.45) is 11.7 Å². The molecule has 0 radical (unpaired) electrons. The van der Waals surface area contributed by atoms with Crippen LogP contribution in [0.2, 0.25) is 0 Å². The maximum absolute atomic E-state index is 12.0. The Balaban J connectivity index is -0.000000492. The Kier molecular flexibility index (Phi) is 29.5. The molecule has 0 aliphatic heterocycles. The van der Waals surface area contributed by atoms with Gasteiger partial charge in [0.05, 0.1) is 19.8 Å². The number of carbonyl (C=O) groups excluding carboxylic acids is 4. The van der Waals surface area contributed by atoms with Gasteiger partial charge in [-0.2, -0.15) is 0 Å². The zero-order chi connectivity index (χ0) is 21.1. The van der Waals surface area contributed by atoms with Gasteiger partial charge in [-0.15, -0.1) is 0 Å². The van der Waals surface area contributed by atoms with E-state index in [4.69, 9.17) is 11.5 Å². The van der Waals surface area contributed by atoms with E-state index in [-0.39, 0.29) is 77.1 Å². The standard InChI is InChI=1S/C12H23N6O4.2C2H6.K/c1-7(2)11(12(22)16-4-9(20)17-6-14)18-10(21)5-15-8(19)3-13;2*1-2;/h7,11,13H,3-6,14H2,1-2H3,(H,15,19)(H,16,22)(H,17,20)(H,18,21);2*1-2H3;/q-1;;;+1. The predicted octanol–water partition coefficient (Wildman–Crippen LogP) is -3.50. The van der Waals surface area contributed by atoms with Crippen LogP contribution >= 0.6 is 0 Å². The van der Waals surface area contributed by atoms with Gasteiger partial charge in [0.25, 0.3) is 0 Å². The van der Waals surface area contributed by atoms with Gasteiger partial charge in [-0.25, -0.2) is 0 Å². The summed E-state index contributed by atoms with van der Waals surface area (Å²) in [5.74, 6) is -2.30. The third-order valence-corrected chi connectivity index (χ3v) is 2.59. The minimum Gasteiger partial charge on any atom is -0.670 e. The number of nitrogens with two attached hydrogens (primary N) is 1. The van der Waals surface area contributed by atoms with E-state index in [1.165, 1.54) is 0 Å². The minimum atomic E-state index is -0.842. The summed E-state index contributed by atoms with van der Waals surface area (Å²) in [5.41, 5.74) is 11.9. The van der Waals surface area contributed by atoms with Crippen molar-refractivity contribution in [1.29, 1.82) is 0 Å². The van der Waals surface area contributed by atoms with Crippen molar-refractivity contribution in [2.45, 2.75) is 47.6 Å². The second-order valence-corrected chi connectivity index (χ2v) is 4.76. The molecule has 0 saturated heterocycles. The van der Waals surface area contributed by atoms with E-state index in [0.717, 1.165) is 0 Å². The molecule has 0 bridgehead atoms. The van der Waals surface area contributed by atoms with Crippen molar-refractivity contribution < 1.29 is 70.6 Å². The van der Waals surface area contributed by atoms with Gasteiger partial charge in [0.2, 0.25) is 17.7 Å². The SMILES string of the molecule is CC.CC.CC(C)C(NC(=O)CNC(=O)C[NH-])C(=O)NCC(=O)NCN.[K+]. The fourth-order valence-electron chi connectivity index (χ4n) is 1.45. The van der Waals surface area contributed by atoms with Crippen LogP contribution in [0.4, 0.5) is 0 Å². The normalized spacial score (nSPS) is 9.81. The maximum Gasteiger partial charge on any atom is 1.00 e. The molecule has 10 nitrogen and oxygen atoms in total. The number of hydrogen-bond acceptors (Lipinski definition) is 5. The average molecular weight is 415 g/mol. The molecule has 1 unspecified atom stereocenters. The molecule has 0 rings (SSSR count). The molecule has 0 heterocycles. The van der Waals surface area contributed by atoms with Gasteiger partial charge in [-0.3, -0.25) is 19.2 Å². The van der Waals surface area contributed by atoms with Gasteiger partial charge in [0.1, 0.15) is 6.04 Å². The van der Waals surface area contributed by atoms with Crippen molar-refractivity contribution in [3.8, 4) is 0 Å². The molecular weight excluding hydrogens is 379 g/mol. The fourth-order valence-corrected chi connectivity index (χ4v) is 1.45.